The number of rotatable bonds is 11. The fraction of sp³-hybridized carbons (Fsp3) is 0.310. The summed E-state index contributed by atoms with van der Waals surface area (Å²) < 4.78 is 26.0. The summed E-state index contributed by atoms with van der Waals surface area (Å²) in [5.74, 6) is -0.736. The Bertz CT molecular complexity index is 1410. The van der Waals surface area contributed by atoms with Crippen molar-refractivity contribution >= 4 is 22.4 Å². The highest BCUT2D eigenvalue weighted by molar-refractivity contribution is 7.17. The Morgan fingerprint density at radius 1 is 1.28 bits per heavy atom. The van der Waals surface area contributed by atoms with E-state index in [1.807, 2.05) is 32.1 Å². The number of carbonyl (C=O) groups is 1. The van der Waals surface area contributed by atoms with E-state index in [0.717, 1.165) is 34.5 Å². The maximum absolute atomic E-state index is 14.8. The third-order valence-electron chi connectivity index (χ3n) is 6.10. The largest absolute Gasteiger partial charge is 0.496 e. The number of aliphatic hydroxyl groups excluding tert-OH is 1. The van der Waals surface area contributed by atoms with Crippen LogP contribution in [0.25, 0.3) is 11.1 Å². The predicted molar refractivity (Wildman–Crippen MR) is 152 cm³/mol. The van der Waals surface area contributed by atoms with Gasteiger partial charge in [-0.05, 0) is 74.8 Å². The van der Waals surface area contributed by atoms with E-state index in [1.165, 1.54) is 19.4 Å². The molecule has 2 aromatic heterocycles. The van der Waals surface area contributed by atoms with E-state index >= 15 is 0 Å². The second-order valence-electron chi connectivity index (χ2n) is 8.76. The first-order valence-corrected chi connectivity index (χ1v) is 13.3. The number of hydrogen-bond acceptors (Lipinski definition) is 8. The Kier molecular flexibility index (Phi) is 10.5. The second-order valence-corrected chi connectivity index (χ2v) is 9.70. The molecule has 0 radical (unpaired) electrons. The molecule has 0 aliphatic rings. The Morgan fingerprint density at radius 2 is 2.05 bits per heavy atom. The van der Waals surface area contributed by atoms with Gasteiger partial charge in [0.05, 0.1) is 24.3 Å². The van der Waals surface area contributed by atoms with Crippen LogP contribution in [0.4, 0.5) is 9.52 Å². The van der Waals surface area contributed by atoms with E-state index in [1.54, 1.807) is 32.0 Å². The molecule has 1 atom stereocenters. The molecule has 1 unspecified atom stereocenters. The summed E-state index contributed by atoms with van der Waals surface area (Å²) in [5.41, 5.74) is 4.19. The molecule has 1 aromatic carbocycles. The van der Waals surface area contributed by atoms with Crippen molar-refractivity contribution < 1.29 is 23.8 Å². The number of ether oxygens (including phenoxy) is 2. The molecule has 0 saturated heterocycles. The minimum atomic E-state index is -0.576. The standard InChI is InChI=1S/C29H33FN4O4S/c1-7-17(3)21(13-12-20(8-2)19(5)35)16-38-29-34-33-28(39-29)32-27(36)23-15-31-18(4)14-22(23)26-24(30)10-9-11-25(26)37-6/h8-15,19,35H,7,16H2,1-6H3,(H,32,33,36)/b13-12-,20-8+,21-17+. The minimum Gasteiger partial charge on any atom is -0.496 e. The number of aliphatic hydroxyl groups is 1. The SMILES string of the molecule is C\C=C(/C=C\C(COc1nnc(NC(=O)c2cnc(C)cc2-c2c(F)cccc2OC)s1)=C(\C)CC)C(C)O. The molecule has 1 amide bonds. The molecule has 0 saturated carbocycles. The van der Waals surface area contributed by atoms with Crippen LogP contribution < -0.4 is 14.8 Å². The van der Waals surface area contributed by atoms with Crippen molar-refractivity contribution in [2.75, 3.05) is 19.0 Å². The van der Waals surface area contributed by atoms with Gasteiger partial charge in [-0.3, -0.25) is 15.1 Å². The molecule has 0 bridgehead atoms. The van der Waals surface area contributed by atoms with E-state index in [9.17, 15) is 14.3 Å². The van der Waals surface area contributed by atoms with Crippen LogP contribution in [-0.2, 0) is 0 Å². The fourth-order valence-electron chi connectivity index (χ4n) is 3.72. The summed E-state index contributed by atoms with van der Waals surface area (Å²) in [5, 5.41) is 21.1. The Labute approximate surface area is 231 Å². The molecule has 3 aromatic rings. The minimum absolute atomic E-state index is 0.161. The summed E-state index contributed by atoms with van der Waals surface area (Å²) in [6.07, 6.45) is 7.30. The van der Waals surface area contributed by atoms with Crippen LogP contribution in [0.1, 0.15) is 50.2 Å². The quantitative estimate of drug-likeness (QED) is 0.269. The number of nitrogens with one attached hydrogen (secondary N) is 1. The molecule has 0 fully saturated rings. The Balaban J connectivity index is 1.79. The zero-order valence-electron chi connectivity index (χ0n) is 22.9. The first kappa shape index (κ1) is 29.7. The van der Waals surface area contributed by atoms with Crippen LogP contribution >= 0.6 is 11.3 Å². The van der Waals surface area contributed by atoms with Crippen molar-refractivity contribution in [2.45, 2.75) is 47.1 Å². The number of amides is 1. The number of aromatic nitrogens is 3. The van der Waals surface area contributed by atoms with Gasteiger partial charge >= 0.3 is 0 Å². The molecule has 0 aliphatic carbocycles. The Hall–Kier alpha value is -3.89. The van der Waals surface area contributed by atoms with Gasteiger partial charge in [0.15, 0.2) is 0 Å². The van der Waals surface area contributed by atoms with Crippen LogP contribution in [0.3, 0.4) is 0 Å². The van der Waals surface area contributed by atoms with Crippen LogP contribution in [0.5, 0.6) is 10.9 Å². The van der Waals surface area contributed by atoms with E-state index in [2.05, 4.69) is 27.4 Å². The highest BCUT2D eigenvalue weighted by atomic mass is 32.1. The monoisotopic (exact) mass is 552 g/mol. The number of methoxy groups -OCH3 is 1. The predicted octanol–water partition coefficient (Wildman–Crippen LogP) is 6.30. The molecule has 0 spiro atoms. The van der Waals surface area contributed by atoms with Gasteiger partial charge in [0.25, 0.3) is 11.1 Å². The number of halogens is 1. The average molecular weight is 553 g/mol. The van der Waals surface area contributed by atoms with Crippen molar-refractivity contribution in [3.8, 4) is 22.1 Å². The van der Waals surface area contributed by atoms with E-state index in [4.69, 9.17) is 9.47 Å². The third-order valence-corrected chi connectivity index (χ3v) is 6.85. The number of benzene rings is 1. The van der Waals surface area contributed by atoms with Gasteiger partial charge in [-0.2, -0.15) is 0 Å². The number of aryl methyl sites for hydroxylation is 1. The van der Waals surface area contributed by atoms with Gasteiger partial charge in [0.2, 0.25) is 5.13 Å². The highest BCUT2D eigenvalue weighted by Gasteiger charge is 2.21. The van der Waals surface area contributed by atoms with Crippen molar-refractivity contribution in [1.29, 1.82) is 0 Å². The van der Waals surface area contributed by atoms with Gasteiger partial charge in [0, 0.05) is 17.5 Å². The number of hydrogen-bond donors (Lipinski definition) is 2. The average Bonchev–Trinajstić information content (AvgIpc) is 3.36. The lowest BCUT2D eigenvalue weighted by Gasteiger charge is -2.14. The molecule has 39 heavy (non-hydrogen) atoms. The summed E-state index contributed by atoms with van der Waals surface area (Å²) in [6, 6.07) is 6.12. The van der Waals surface area contributed by atoms with Gasteiger partial charge < -0.3 is 14.6 Å². The van der Waals surface area contributed by atoms with Crippen LogP contribution in [0.15, 0.2) is 65.4 Å². The van der Waals surface area contributed by atoms with Crippen LogP contribution in [0, 0.1) is 12.7 Å². The molecular weight excluding hydrogens is 519 g/mol. The topological polar surface area (TPSA) is 106 Å². The lowest BCUT2D eigenvalue weighted by Crippen LogP contribution is -2.14. The normalized spacial score (nSPS) is 13.3. The smallest absolute Gasteiger partial charge is 0.296 e. The summed E-state index contributed by atoms with van der Waals surface area (Å²) in [6.45, 7) is 9.66. The number of anilines is 1. The summed E-state index contributed by atoms with van der Waals surface area (Å²) in [7, 11) is 1.44. The highest BCUT2D eigenvalue weighted by Crippen LogP contribution is 2.35. The number of nitrogens with zero attached hydrogens (tertiary/aromatic N) is 3. The molecule has 0 aliphatic heterocycles. The number of pyridine rings is 1. The van der Waals surface area contributed by atoms with E-state index < -0.39 is 17.8 Å². The van der Waals surface area contributed by atoms with Crippen LogP contribution in [-0.4, -0.2) is 46.0 Å². The molecule has 8 nitrogen and oxygen atoms in total. The van der Waals surface area contributed by atoms with E-state index in [-0.39, 0.29) is 28.1 Å². The van der Waals surface area contributed by atoms with E-state index in [0.29, 0.717) is 17.0 Å². The zero-order valence-corrected chi connectivity index (χ0v) is 23.7. The van der Waals surface area contributed by atoms with Crippen molar-refractivity contribution in [3.05, 3.63) is 82.5 Å². The van der Waals surface area contributed by atoms with Crippen molar-refractivity contribution in [3.63, 3.8) is 0 Å². The molecule has 10 heteroatoms. The molecule has 206 valence electrons. The maximum atomic E-state index is 14.8. The van der Waals surface area contributed by atoms with Gasteiger partial charge in [-0.15, -0.1) is 5.10 Å². The Morgan fingerprint density at radius 3 is 2.72 bits per heavy atom. The van der Waals surface area contributed by atoms with Gasteiger partial charge in [-0.25, -0.2) is 4.39 Å². The second kappa shape index (κ2) is 13.8. The number of carbonyl (C=O) groups excluding carboxylic acids is 1. The van der Waals surface area contributed by atoms with Gasteiger partial charge in [-0.1, -0.05) is 41.9 Å². The van der Waals surface area contributed by atoms with Crippen molar-refractivity contribution in [2.24, 2.45) is 0 Å². The van der Waals surface area contributed by atoms with Crippen LogP contribution in [0.2, 0.25) is 0 Å². The lowest BCUT2D eigenvalue weighted by atomic mass is 9.98. The first-order valence-electron chi connectivity index (χ1n) is 12.5. The maximum Gasteiger partial charge on any atom is 0.296 e. The molecular formula is C29H33FN4O4S. The third kappa shape index (κ3) is 7.58. The molecule has 3 rings (SSSR count). The molecule has 2 heterocycles. The summed E-state index contributed by atoms with van der Waals surface area (Å²) in [4.78, 5) is 17.4. The molecule has 2 N–H and O–H groups in total. The van der Waals surface area contributed by atoms with Gasteiger partial charge in [0.1, 0.15) is 18.2 Å². The number of allylic oxidation sites excluding steroid dienone is 2. The lowest BCUT2D eigenvalue weighted by molar-refractivity contribution is 0.102. The van der Waals surface area contributed by atoms with Crippen molar-refractivity contribution in [1.82, 2.24) is 15.2 Å². The zero-order chi connectivity index (χ0) is 28.5. The fourth-order valence-corrected chi connectivity index (χ4v) is 4.31. The first-order chi connectivity index (χ1) is 18.7. The summed E-state index contributed by atoms with van der Waals surface area (Å²) >= 11 is 1.07.